The van der Waals surface area contributed by atoms with Crippen LogP contribution in [0.2, 0.25) is 0 Å². The van der Waals surface area contributed by atoms with E-state index in [2.05, 4.69) is 40.2 Å². The summed E-state index contributed by atoms with van der Waals surface area (Å²) in [6.07, 6.45) is 0. The van der Waals surface area contributed by atoms with Crippen molar-refractivity contribution in [3.8, 4) is 23.0 Å². The third-order valence-electron chi connectivity index (χ3n) is 4.54. The maximum absolute atomic E-state index is 12.3. The van der Waals surface area contributed by atoms with E-state index in [-0.39, 0.29) is 5.91 Å². The van der Waals surface area contributed by atoms with Gasteiger partial charge in [-0.25, -0.2) is 0 Å². The van der Waals surface area contributed by atoms with Gasteiger partial charge in [-0.3, -0.25) is 9.89 Å². The zero-order valence-corrected chi connectivity index (χ0v) is 15.7. The van der Waals surface area contributed by atoms with Crippen molar-refractivity contribution in [1.29, 1.82) is 0 Å². The van der Waals surface area contributed by atoms with Crippen LogP contribution in [0.25, 0.3) is 22.0 Å². The molecule has 0 aliphatic carbocycles. The number of fused-ring (bicyclic) bond motifs is 1. The second-order valence-corrected chi connectivity index (χ2v) is 6.69. The van der Waals surface area contributed by atoms with E-state index in [9.17, 15) is 4.79 Å². The fraction of sp³-hybridized carbons (Fsp3) is 0.0833. The number of aromatic amines is 1. The first-order valence-corrected chi connectivity index (χ1v) is 9.00. The average Bonchev–Trinajstić information content (AvgIpc) is 3.14. The molecular weight excluding hydrogens is 346 g/mol. The lowest BCUT2D eigenvalue weighted by atomic mass is 10.00. The number of nitrogens with zero attached hydrogens (tertiary/aromatic N) is 2. The second kappa shape index (κ2) is 7.42. The van der Waals surface area contributed by atoms with Gasteiger partial charge in [-0.1, -0.05) is 54.5 Å². The molecule has 0 aliphatic heterocycles. The predicted octanol–water partition coefficient (Wildman–Crippen LogP) is 4.33. The molecule has 1 amide bonds. The molecule has 0 aliphatic rings. The molecule has 0 spiro atoms. The summed E-state index contributed by atoms with van der Waals surface area (Å²) >= 11 is 0. The molecule has 136 valence electrons. The van der Waals surface area contributed by atoms with E-state index in [4.69, 9.17) is 0 Å². The van der Waals surface area contributed by atoms with E-state index in [1.54, 1.807) is 25.1 Å². The summed E-state index contributed by atoms with van der Waals surface area (Å²) in [6.45, 7) is 0. The number of rotatable bonds is 2. The van der Waals surface area contributed by atoms with Gasteiger partial charge in [0.15, 0.2) is 0 Å². The van der Waals surface area contributed by atoms with E-state index < -0.39 is 0 Å². The highest BCUT2D eigenvalue weighted by Crippen LogP contribution is 2.23. The zero-order valence-electron chi connectivity index (χ0n) is 15.7. The molecule has 0 fully saturated rings. The van der Waals surface area contributed by atoms with Crippen LogP contribution in [-0.2, 0) is 0 Å². The second-order valence-electron chi connectivity index (χ2n) is 6.69. The Morgan fingerprint density at radius 2 is 1.68 bits per heavy atom. The van der Waals surface area contributed by atoms with Gasteiger partial charge in [0.05, 0.1) is 5.52 Å². The highest BCUT2D eigenvalue weighted by molar-refractivity contribution is 5.98. The number of benzene rings is 3. The van der Waals surface area contributed by atoms with Crippen LogP contribution in [0.3, 0.4) is 0 Å². The van der Waals surface area contributed by atoms with Gasteiger partial charge in [-0.2, -0.15) is 5.10 Å². The van der Waals surface area contributed by atoms with E-state index in [0.717, 1.165) is 27.6 Å². The average molecular weight is 365 g/mol. The van der Waals surface area contributed by atoms with Crippen LogP contribution in [0, 0.1) is 11.8 Å². The molecule has 4 aromatic rings. The molecule has 4 nitrogen and oxygen atoms in total. The molecule has 4 heteroatoms. The number of amides is 1. The third-order valence-corrected chi connectivity index (χ3v) is 4.54. The van der Waals surface area contributed by atoms with Crippen LogP contribution in [0.4, 0.5) is 0 Å². The lowest BCUT2D eigenvalue weighted by Gasteiger charge is -2.09. The highest BCUT2D eigenvalue weighted by atomic mass is 16.2. The van der Waals surface area contributed by atoms with Crippen molar-refractivity contribution in [2.24, 2.45) is 0 Å². The first-order valence-electron chi connectivity index (χ1n) is 9.00. The minimum absolute atomic E-state index is 0.0450. The smallest absolute Gasteiger partial charge is 0.253 e. The molecular formula is C24H19N3O. The summed E-state index contributed by atoms with van der Waals surface area (Å²) in [4.78, 5) is 13.8. The Hall–Kier alpha value is -3.84. The molecule has 1 heterocycles. The fourth-order valence-electron chi connectivity index (χ4n) is 3.09. The first-order chi connectivity index (χ1) is 13.6. The van der Waals surface area contributed by atoms with E-state index in [1.807, 2.05) is 48.5 Å². The summed E-state index contributed by atoms with van der Waals surface area (Å²) in [5.41, 5.74) is 5.26. The van der Waals surface area contributed by atoms with E-state index in [1.165, 1.54) is 0 Å². The van der Waals surface area contributed by atoms with Crippen molar-refractivity contribution < 1.29 is 4.79 Å². The van der Waals surface area contributed by atoms with Crippen molar-refractivity contribution in [2.75, 3.05) is 14.1 Å². The van der Waals surface area contributed by atoms with Crippen molar-refractivity contribution in [2.45, 2.75) is 0 Å². The standard InChI is InChI=1S/C24H19N3O/c1-27(2)24(28)19-13-15-23-21(16-19)22(25-26-23)14-12-18-10-6-7-11-20(18)17-8-4-3-5-9-17/h3-11,13,15-16H,1-2H3,(H,25,26). The largest absolute Gasteiger partial charge is 0.345 e. The number of hydrogen-bond acceptors (Lipinski definition) is 2. The Bertz CT molecular complexity index is 1210. The van der Waals surface area contributed by atoms with Gasteiger partial charge in [-0.05, 0) is 41.3 Å². The van der Waals surface area contributed by atoms with Crippen LogP contribution in [0.1, 0.15) is 21.6 Å². The van der Waals surface area contributed by atoms with Gasteiger partial charge in [0.25, 0.3) is 5.91 Å². The molecule has 28 heavy (non-hydrogen) atoms. The maximum atomic E-state index is 12.3. The van der Waals surface area contributed by atoms with Crippen LogP contribution in [-0.4, -0.2) is 35.1 Å². The minimum Gasteiger partial charge on any atom is -0.345 e. The molecule has 0 bridgehead atoms. The zero-order chi connectivity index (χ0) is 19.5. The molecule has 0 saturated carbocycles. The Morgan fingerprint density at radius 3 is 2.46 bits per heavy atom. The van der Waals surface area contributed by atoms with Gasteiger partial charge in [0.2, 0.25) is 0 Å². The van der Waals surface area contributed by atoms with Gasteiger partial charge in [0, 0.05) is 30.6 Å². The number of nitrogens with one attached hydrogen (secondary N) is 1. The molecule has 0 atom stereocenters. The number of carbonyl (C=O) groups is 1. The first kappa shape index (κ1) is 17.6. The lowest BCUT2D eigenvalue weighted by molar-refractivity contribution is 0.0828. The Morgan fingerprint density at radius 1 is 0.929 bits per heavy atom. The molecule has 1 N–H and O–H groups in total. The predicted molar refractivity (Wildman–Crippen MR) is 112 cm³/mol. The minimum atomic E-state index is -0.0450. The topological polar surface area (TPSA) is 49.0 Å². The Labute approximate surface area is 163 Å². The van der Waals surface area contributed by atoms with Crippen LogP contribution < -0.4 is 0 Å². The fourth-order valence-corrected chi connectivity index (χ4v) is 3.09. The molecule has 1 aromatic heterocycles. The molecule has 0 saturated heterocycles. The van der Waals surface area contributed by atoms with E-state index >= 15 is 0 Å². The van der Waals surface area contributed by atoms with Gasteiger partial charge in [-0.15, -0.1) is 0 Å². The number of hydrogen-bond donors (Lipinski definition) is 1. The quantitative estimate of drug-likeness (QED) is 0.538. The SMILES string of the molecule is CN(C)C(=O)c1ccc2n[nH]c(C#Cc3ccccc3-c3ccccc3)c2c1. The monoisotopic (exact) mass is 365 g/mol. The Balaban J connectivity index is 1.76. The van der Waals surface area contributed by atoms with Gasteiger partial charge in [0.1, 0.15) is 5.69 Å². The van der Waals surface area contributed by atoms with Crippen molar-refractivity contribution in [3.63, 3.8) is 0 Å². The van der Waals surface area contributed by atoms with Crippen molar-refractivity contribution in [3.05, 3.63) is 89.6 Å². The molecule has 4 rings (SSSR count). The Kier molecular flexibility index (Phi) is 4.65. The van der Waals surface area contributed by atoms with Crippen molar-refractivity contribution >= 4 is 16.8 Å². The lowest BCUT2D eigenvalue weighted by Crippen LogP contribution is -2.21. The summed E-state index contributed by atoms with van der Waals surface area (Å²) in [5.74, 6) is 6.41. The maximum Gasteiger partial charge on any atom is 0.253 e. The van der Waals surface area contributed by atoms with Gasteiger partial charge < -0.3 is 4.90 Å². The highest BCUT2D eigenvalue weighted by Gasteiger charge is 2.11. The summed E-state index contributed by atoms with van der Waals surface area (Å²) in [5, 5.41) is 8.14. The number of carbonyl (C=O) groups excluding carboxylic acids is 1. The van der Waals surface area contributed by atoms with Crippen LogP contribution in [0.15, 0.2) is 72.8 Å². The molecule has 3 aromatic carbocycles. The normalized spacial score (nSPS) is 10.4. The van der Waals surface area contributed by atoms with Crippen LogP contribution in [0.5, 0.6) is 0 Å². The summed E-state index contributed by atoms with van der Waals surface area (Å²) in [6, 6.07) is 23.7. The number of aromatic nitrogens is 2. The summed E-state index contributed by atoms with van der Waals surface area (Å²) in [7, 11) is 3.48. The third kappa shape index (κ3) is 3.38. The molecule has 0 radical (unpaired) electrons. The van der Waals surface area contributed by atoms with Crippen LogP contribution >= 0.6 is 0 Å². The number of H-pyrrole nitrogens is 1. The van der Waals surface area contributed by atoms with Crippen molar-refractivity contribution in [1.82, 2.24) is 15.1 Å². The molecule has 0 unspecified atom stereocenters. The van der Waals surface area contributed by atoms with E-state index in [0.29, 0.717) is 11.3 Å². The summed E-state index contributed by atoms with van der Waals surface area (Å²) < 4.78 is 0. The van der Waals surface area contributed by atoms with Gasteiger partial charge >= 0.3 is 0 Å².